The summed E-state index contributed by atoms with van der Waals surface area (Å²) in [6, 6.07) is 11.7. The van der Waals surface area contributed by atoms with Crippen LogP contribution in [-0.2, 0) is 14.8 Å². The fourth-order valence-electron chi connectivity index (χ4n) is 2.09. The van der Waals surface area contributed by atoms with Gasteiger partial charge in [0.25, 0.3) is 5.91 Å². The summed E-state index contributed by atoms with van der Waals surface area (Å²) in [5, 5.41) is 0. The Morgan fingerprint density at radius 2 is 1.81 bits per heavy atom. The Balaban J connectivity index is 1.48. The molecule has 0 aromatic heterocycles. The number of hydrogen-bond acceptors (Lipinski definition) is 5. The number of sulfonamides is 1. The maximum atomic E-state index is 13.4. The molecule has 7 nitrogen and oxygen atoms in total. The number of halogens is 1. The number of carbonyl (C=O) groups is 1. The zero-order chi connectivity index (χ0) is 18.6. The van der Waals surface area contributed by atoms with Crippen LogP contribution in [-0.4, -0.2) is 27.0 Å². The van der Waals surface area contributed by atoms with E-state index in [4.69, 9.17) is 4.74 Å². The molecular weight excluding hydrogens is 361 g/mol. The van der Waals surface area contributed by atoms with Crippen LogP contribution >= 0.6 is 0 Å². The number of para-hydroxylation sites is 1. The van der Waals surface area contributed by atoms with Crippen LogP contribution < -0.4 is 20.3 Å². The van der Waals surface area contributed by atoms with Gasteiger partial charge in [0, 0.05) is 6.04 Å². The van der Waals surface area contributed by atoms with Crippen molar-refractivity contribution >= 4 is 21.6 Å². The molecule has 26 heavy (non-hydrogen) atoms. The largest absolute Gasteiger partial charge is 0.481 e. The minimum Gasteiger partial charge on any atom is -0.481 e. The summed E-state index contributed by atoms with van der Waals surface area (Å²) in [6.45, 7) is -0.369. The molecule has 0 radical (unpaired) electrons. The van der Waals surface area contributed by atoms with Crippen LogP contribution in [0.4, 0.5) is 10.1 Å². The lowest BCUT2D eigenvalue weighted by Crippen LogP contribution is -2.33. The Labute approximate surface area is 150 Å². The molecule has 0 saturated heterocycles. The highest BCUT2D eigenvalue weighted by Gasteiger charge is 2.27. The van der Waals surface area contributed by atoms with Crippen LogP contribution in [0.15, 0.2) is 53.4 Å². The summed E-state index contributed by atoms with van der Waals surface area (Å²) >= 11 is 0. The molecule has 0 unspecified atom stereocenters. The molecule has 0 bridgehead atoms. The van der Waals surface area contributed by atoms with Gasteiger partial charge in [-0.1, -0.05) is 12.1 Å². The summed E-state index contributed by atoms with van der Waals surface area (Å²) < 4.78 is 45.2. The van der Waals surface area contributed by atoms with Crippen LogP contribution in [0.5, 0.6) is 5.75 Å². The number of anilines is 1. The fourth-order valence-corrected chi connectivity index (χ4v) is 3.39. The third kappa shape index (κ3) is 4.93. The number of amides is 1. The number of benzene rings is 2. The van der Waals surface area contributed by atoms with E-state index in [1.54, 1.807) is 6.07 Å². The second-order valence-electron chi connectivity index (χ2n) is 5.81. The van der Waals surface area contributed by atoms with Gasteiger partial charge in [-0.05, 0) is 49.2 Å². The molecule has 3 N–H and O–H groups in total. The summed E-state index contributed by atoms with van der Waals surface area (Å²) in [5.74, 6) is -1.08. The van der Waals surface area contributed by atoms with Crippen molar-refractivity contribution in [2.75, 3.05) is 12.0 Å². The Bertz CT molecular complexity index is 883. The Morgan fingerprint density at radius 1 is 1.12 bits per heavy atom. The molecule has 1 saturated carbocycles. The van der Waals surface area contributed by atoms with E-state index in [2.05, 4.69) is 15.6 Å². The quantitative estimate of drug-likeness (QED) is 0.608. The van der Waals surface area contributed by atoms with E-state index in [0.29, 0.717) is 5.69 Å². The van der Waals surface area contributed by atoms with Crippen LogP contribution in [0.3, 0.4) is 0 Å². The van der Waals surface area contributed by atoms with Crippen molar-refractivity contribution in [1.82, 2.24) is 10.1 Å². The van der Waals surface area contributed by atoms with Crippen molar-refractivity contribution in [1.29, 1.82) is 0 Å². The number of hydrogen-bond donors (Lipinski definition) is 3. The number of hydrazine groups is 1. The second kappa shape index (κ2) is 7.71. The fraction of sp³-hybridized carbons (Fsp3) is 0.235. The third-order valence-electron chi connectivity index (χ3n) is 3.61. The average Bonchev–Trinajstić information content (AvgIpc) is 3.43. The van der Waals surface area contributed by atoms with Crippen molar-refractivity contribution in [3.63, 3.8) is 0 Å². The molecule has 1 fully saturated rings. The lowest BCUT2D eigenvalue weighted by molar-refractivity contribution is -0.122. The van der Waals surface area contributed by atoms with Gasteiger partial charge in [-0.25, -0.2) is 17.5 Å². The molecule has 2 aromatic carbocycles. The van der Waals surface area contributed by atoms with Crippen molar-refractivity contribution < 1.29 is 22.3 Å². The number of ether oxygens (including phenoxy) is 1. The lowest BCUT2D eigenvalue weighted by atomic mass is 10.3. The minimum atomic E-state index is -3.51. The SMILES string of the molecule is O=C(COc1ccccc1F)NNc1ccc(S(=O)(=O)NC2CC2)cc1. The molecule has 0 aliphatic heterocycles. The van der Waals surface area contributed by atoms with Crippen LogP contribution in [0.1, 0.15) is 12.8 Å². The van der Waals surface area contributed by atoms with Gasteiger partial charge in [0.1, 0.15) is 0 Å². The second-order valence-corrected chi connectivity index (χ2v) is 7.53. The van der Waals surface area contributed by atoms with Gasteiger partial charge in [-0.15, -0.1) is 0 Å². The number of carbonyl (C=O) groups excluding carboxylic acids is 1. The van der Waals surface area contributed by atoms with E-state index in [-0.39, 0.29) is 23.3 Å². The first kappa shape index (κ1) is 18.2. The molecule has 2 aromatic rings. The highest BCUT2D eigenvalue weighted by Crippen LogP contribution is 2.22. The monoisotopic (exact) mass is 379 g/mol. The highest BCUT2D eigenvalue weighted by atomic mass is 32.2. The summed E-state index contributed by atoms with van der Waals surface area (Å²) in [6.07, 6.45) is 1.72. The minimum absolute atomic E-state index is 0.0135. The summed E-state index contributed by atoms with van der Waals surface area (Å²) in [5.41, 5.74) is 5.52. The maximum Gasteiger partial charge on any atom is 0.276 e. The third-order valence-corrected chi connectivity index (χ3v) is 5.14. The molecule has 3 rings (SSSR count). The van der Waals surface area contributed by atoms with Crippen LogP contribution in [0.25, 0.3) is 0 Å². The van der Waals surface area contributed by atoms with Gasteiger partial charge in [0.05, 0.1) is 10.6 Å². The van der Waals surface area contributed by atoms with E-state index in [9.17, 15) is 17.6 Å². The molecule has 138 valence electrons. The van der Waals surface area contributed by atoms with Gasteiger partial charge in [-0.2, -0.15) is 0 Å². The normalized spacial score (nSPS) is 13.9. The van der Waals surface area contributed by atoms with Gasteiger partial charge < -0.3 is 4.74 Å². The standard InChI is InChI=1S/C17H18FN3O4S/c18-15-3-1-2-4-16(15)25-11-17(22)20-19-12-7-9-14(10-8-12)26(23,24)21-13-5-6-13/h1-4,7-10,13,19,21H,5-6,11H2,(H,20,22). The lowest BCUT2D eigenvalue weighted by Gasteiger charge is -2.11. The maximum absolute atomic E-state index is 13.4. The van der Waals surface area contributed by atoms with E-state index in [0.717, 1.165) is 12.8 Å². The molecule has 1 aliphatic rings. The van der Waals surface area contributed by atoms with Gasteiger partial charge in [0.15, 0.2) is 18.2 Å². The zero-order valence-corrected chi connectivity index (χ0v) is 14.6. The van der Waals surface area contributed by atoms with Crippen molar-refractivity contribution in [3.05, 3.63) is 54.3 Å². The van der Waals surface area contributed by atoms with E-state index < -0.39 is 21.7 Å². The first-order chi connectivity index (χ1) is 12.4. The van der Waals surface area contributed by atoms with Gasteiger partial charge >= 0.3 is 0 Å². The van der Waals surface area contributed by atoms with Crippen molar-refractivity contribution in [3.8, 4) is 5.75 Å². The predicted molar refractivity (Wildman–Crippen MR) is 93.4 cm³/mol. The van der Waals surface area contributed by atoms with E-state index in [1.165, 1.54) is 42.5 Å². The summed E-state index contributed by atoms with van der Waals surface area (Å²) in [7, 11) is -3.51. The van der Waals surface area contributed by atoms with Crippen molar-refractivity contribution in [2.45, 2.75) is 23.8 Å². The zero-order valence-electron chi connectivity index (χ0n) is 13.7. The van der Waals surface area contributed by atoms with Crippen LogP contribution in [0.2, 0.25) is 0 Å². The highest BCUT2D eigenvalue weighted by molar-refractivity contribution is 7.89. The molecule has 0 spiro atoms. The van der Waals surface area contributed by atoms with Gasteiger partial charge in [-0.3, -0.25) is 15.6 Å². The molecule has 0 atom stereocenters. The van der Waals surface area contributed by atoms with E-state index >= 15 is 0 Å². The molecular formula is C17H18FN3O4S. The molecule has 1 aliphatic carbocycles. The van der Waals surface area contributed by atoms with Crippen molar-refractivity contribution in [2.24, 2.45) is 0 Å². The molecule has 1 amide bonds. The topological polar surface area (TPSA) is 96.5 Å². The Morgan fingerprint density at radius 3 is 2.46 bits per heavy atom. The first-order valence-electron chi connectivity index (χ1n) is 7.98. The smallest absolute Gasteiger partial charge is 0.276 e. The first-order valence-corrected chi connectivity index (χ1v) is 9.47. The van der Waals surface area contributed by atoms with Gasteiger partial charge in [0.2, 0.25) is 10.0 Å². The van der Waals surface area contributed by atoms with E-state index in [1.807, 2.05) is 0 Å². The summed E-state index contributed by atoms with van der Waals surface area (Å²) in [4.78, 5) is 11.9. The Hall–Kier alpha value is -2.65. The average molecular weight is 379 g/mol. The molecule has 9 heteroatoms. The predicted octanol–water partition coefficient (Wildman–Crippen LogP) is 1.79. The van der Waals surface area contributed by atoms with Crippen LogP contribution in [0, 0.1) is 5.82 Å². The Kier molecular flexibility index (Phi) is 5.38. The number of rotatable bonds is 8. The molecule has 0 heterocycles. The number of nitrogens with one attached hydrogen (secondary N) is 3.